The van der Waals surface area contributed by atoms with Gasteiger partial charge in [-0.05, 0) is 25.0 Å². The number of hydrogen-bond acceptors (Lipinski definition) is 3. The first-order valence-electron chi connectivity index (χ1n) is 6.68. The van der Waals surface area contributed by atoms with E-state index in [1.807, 2.05) is 0 Å². The molecular weight excluding hydrogens is 301 g/mol. The van der Waals surface area contributed by atoms with E-state index in [4.69, 9.17) is 22.7 Å². The van der Waals surface area contributed by atoms with Crippen molar-refractivity contribution in [1.29, 1.82) is 0 Å². The van der Waals surface area contributed by atoms with Crippen LogP contribution in [0.15, 0.2) is 24.3 Å². The molecule has 1 saturated carbocycles. The lowest BCUT2D eigenvalue weighted by molar-refractivity contribution is -0.147. The second-order valence-corrected chi connectivity index (χ2v) is 5.50. The minimum atomic E-state index is -4.17. The number of ether oxygens (including phenoxy) is 1. The van der Waals surface area contributed by atoms with Crippen molar-refractivity contribution in [1.82, 2.24) is 4.90 Å². The fraction of sp³-hybridized carbons (Fsp3) is 0.500. The van der Waals surface area contributed by atoms with Crippen molar-refractivity contribution in [3.05, 3.63) is 29.8 Å². The molecule has 1 aliphatic carbocycles. The van der Waals surface area contributed by atoms with Gasteiger partial charge in [-0.25, -0.2) is 0 Å². The van der Waals surface area contributed by atoms with E-state index in [-0.39, 0.29) is 24.2 Å². The lowest BCUT2D eigenvalue weighted by Gasteiger charge is -2.23. The minimum absolute atomic E-state index is 0.0400. The lowest BCUT2D eigenvalue weighted by atomic mass is 10.2. The maximum absolute atomic E-state index is 12.5. The van der Waals surface area contributed by atoms with Crippen molar-refractivity contribution in [3.8, 4) is 5.75 Å². The van der Waals surface area contributed by atoms with Gasteiger partial charge in [0.1, 0.15) is 17.3 Å². The number of nitrogens with two attached hydrogens (primary N) is 1. The number of halogens is 3. The molecule has 21 heavy (non-hydrogen) atoms. The van der Waals surface area contributed by atoms with E-state index in [1.54, 1.807) is 24.3 Å². The molecule has 0 spiro atoms. The molecular formula is C14H17F3N2OS. The highest BCUT2D eigenvalue weighted by Crippen LogP contribution is 2.29. The van der Waals surface area contributed by atoms with Gasteiger partial charge in [-0.2, -0.15) is 13.2 Å². The average Bonchev–Trinajstić information content (AvgIpc) is 3.20. The fourth-order valence-electron chi connectivity index (χ4n) is 2.08. The first kappa shape index (κ1) is 16.0. The van der Waals surface area contributed by atoms with Gasteiger partial charge >= 0.3 is 6.18 Å². The highest BCUT2D eigenvalue weighted by molar-refractivity contribution is 7.80. The minimum Gasteiger partial charge on any atom is -0.492 e. The van der Waals surface area contributed by atoms with Crippen LogP contribution in [0, 0.1) is 0 Å². The predicted molar refractivity (Wildman–Crippen MR) is 78.5 cm³/mol. The molecule has 7 heteroatoms. The highest BCUT2D eigenvalue weighted by Gasteiger charge is 2.37. The van der Waals surface area contributed by atoms with Crippen LogP contribution in [0.4, 0.5) is 13.2 Å². The smallest absolute Gasteiger partial charge is 0.401 e. The van der Waals surface area contributed by atoms with Crippen LogP contribution in [0.25, 0.3) is 0 Å². The van der Waals surface area contributed by atoms with Gasteiger partial charge in [0.25, 0.3) is 0 Å². The summed E-state index contributed by atoms with van der Waals surface area (Å²) in [6.45, 7) is -0.428. The third-order valence-corrected chi connectivity index (χ3v) is 3.45. The molecule has 0 heterocycles. The van der Waals surface area contributed by atoms with E-state index in [0.29, 0.717) is 11.3 Å². The largest absolute Gasteiger partial charge is 0.492 e. The maximum Gasteiger partial charge on any atom is 0.401 e. The summed E-state index contributed by atoms with van der Waals surface area (Å²) in [4.78, 5) is 1.69. The molecule has 1 aromatic rings. The number of hydrogen-bond donors (Lipinski definition) is 1. The van der Waals surface area contributed by atoms with Crippen molar-refractivity contribution in [2.45, 2.75) is 25.1 Å². The van der Waals surface area contributed by atoms with Crippen LogP contribution in [0.5, 0.6) is 5.75 Å². The fourth-order valence-corrected chi connectivity index (χ4v) is 2.21. The third-order valence-electron chi connectivity index (χ3n) is 3.21. The number of alkyl halides is 3. The van der Waals surface area contributed by atoms with Crippen LogP contribution in [0.3, 0.4) is 0 Å². The first-order chi connectivity index (χ1) is 9.85. The monoisotopic (exact) mass is 318 g/mol. The van der Waals surface area contributed by atoms with E-state index in [0.717, 1.165) is 12.8 Å². The molecule has 0 bridgehead atoms. The molecule has 2 N–H and O–H groups in total. The topological polar surface area (TPSA) is 38.5 Å². The normalized spacial score (nSPS) is 15.2. The Balaban J connectivity index is 1.84. The number of benzene rings is 1. The maximum atomic E-state index is 12.5. The van der Waals surface area contributed by atoms with E-state index in [9.17, 15) is 13.2 Å². The second-order valence-electron chi connectivity index (χ2n) is 5.06. The van der Waals surface area contributed by atoms with Crippen LogP contribution in [0.1, 0.15) is 18.4 Å². The molecule has 0 atom stereocenters. The second kappa shape index (κ2) is 6.62. The molecule has 116 valence electrons. The highest BCUT2D eigenvalue weighted by atomic mass is 32.1. The summed E-state index contributed by atoms with van der Waals surface area (Å²) >= 11 is 4.87. The summed E-state index contributed by atoms with van der Waals surface area (Å²) in [5.74, 6) is 0.558. The van der Waals surface area contributed by atoms with Crippen molar-refractivity contribution in [2.75, 3.05) is 19.7 Å². The van der Waals surface area contributed by atoms with Gasteiger partial charge in [0.05, 0.1) is 6.54 Å². The van der Waals surface area contributed by atoms with Gasteiger partial charge in [0.15, 0.2) is 0 Å². The Morgan fingerprint density at radius 3 is 2.67 bits per heavy atom. The first-order valence-corrected chi connectivity index (χ1v) is 7.09. The average molecular weight is 318 g/mol. The Morgan fingerprint density at radius 1 is 1.38 bits per heavy atom. The number of rotatable bonds is 7. The SMILES string of the molecule is NC(=S)c1cccc(OCCN(CC(F)(F)F)C2CC2)c1. The quantitative estimate of drug-likeness (QED) is 0.785. The van der Waals surface area contributed by atoms with Crippen molar-refractivity contribution in [2.24, 2.45) is 5.73 Å². The van der Waals surface area contributed by atoms with Gasteiger partial charge in [-0.1, -0.05) is 24.4 Å². The third kappa shape index (κ3) is 5.51. The van der Waals surface area contributed by atoms with Crippen molar-refractivity contribution < 1.29 is 17.9 Å². The number of nitrogens with zero attached hydrogens (tertiary/aromatic N) is 1. The van der Waals surface area contributed by atoms with E-state index >= 15 is 0 Å². The zero-order valence-corrected chi connectivity index (χ0v) is 12.2. The zero-order chi connectivity index (χ0) is 15.5. The van der Waals surface area contributed by atoms with E-state index < -0.39 is 12.7 Å². The summed E-state index contributed by atoms with van der Waals surface area (Å²) < 4.78 is 42.9. The van der Waals surface area contributed by atoms with Crippen LogP contribution in [-0.4, -0.2) is 41.8 Å². The van der Waals surface area contributed by atoms with Gasteiger partial charge in [0.2, 0.25) is 0 Å². The zero-order valence-electron chi connectivity index (χ0n) is 11.4. The van der Waals surface area contributed by atoms with Crippen LogP contribution in [-0.2, 0) is 0 Å². The molecule has 2 rings (SSSR count). The molecule has 0 amide bonds. The molecule has 0 unspecified atom stereocenters. The Kier molecular flexibility index (Phi) is 5.05. The molecule has 1 fully saturated rings. The molecule has 0 saturated heterocycles. The molecule has 0 radical (unpaired) electrons. The van der Waals surface area contributed by atoms with Gasteiger partial charge in [-0.15, -0.1) is 0 Å². The van der Waals surface area contributed by atoms with Gasteiger partial charge < -0.3 is 10.5 Å². The van der Waals surface area contributed by atoms with E-state index in [1.165, 1.54) is 4.90 Å². The Hall–Kier alpha value is -1.34. The number of thiocarbonyl (C=S) groups is 1. The molecule has 3 nitrogen and oxygen atoms in total. The van der Waals surface area contributed by atoms with Gasteiger partial charge in [0, 0.05) is 18.2 Å². The van der Waals surface area contributed by atoms with Crippen LogP contribution < -0.4 is 10.5 Å². The van der Waals surface area contributed by atoms with Crippen molar-refractivity contribution in [3.63, 3.8) is 0 Å². The summed E-state index contributed by atoms with van der Waals surface area (Å²) in [7, 11) is 0. The molecule has 1 aromatic carbocycles. The molecule has 1 aliphatic rings. The van der Waals surface area contributed by atoms with Crippen molar-refractivity contribution >= 4 is 17.2 Å². The van der Waals surface area contributed by atoms with Crippen LogP contribution >= 0.6 is 12.2 Å². The lowest BCUT2D eigenvalue weighted by Crippen LogP contribution is -2.38. The Labute approximate surface area is 126 Å². The summed E-state index contributed by atoms with van der Waals surface area (Å²) in [5.41, 5.74) is 6.20. The van der Waals surface area contributed by atoms with Crippen LogP contribution in [0.2, 0.25) is 0 Å². The van der Waals surface area contributed by atoms with Gasteiger partial charge in [-0.3, -0.25) is 4.90 Å². The summed E-state index contributed by atoms with van der Waals surface area (Å²) in [5, 5.41) is 0. The Morgan fingerprint density at radius 2 is 2.10 bits per heavy atom. The molecule has 0 aliphatic heterocycles. The standard InChI is InChI=1S/C14H17F3N2OS/c15-14(16,17)9-19(11-4-5-11)6-7-20-12-3-1-2-10(8-12)13(18)21/h1-3,8,11H,4-7,9H2,(H2,18,21). The van der Waals surface area contributed by atoms with E-state index in [2.05, 4.69) is 0 Å². The summed E-state index contributed by atoms with van der Waals surface area (Å²) in [6, 6.07) is 6.96. The summed E-state index contributed by atoms with van der Waals surface area (Å²) in [6.07, 6.45) is -2.52. The molecule has 0 aromatic heterocycles. The predicted octanol–water partition coefficient (Wildman–Crippen LogP) is 2.73. The Bertz CT molecular complexity index is 503.